The van der Waals surface area contributed by atoms with Gasteiger partial charge in [0.25, 0.3) is 0 Å². The minimum atomic E-state index is -0.253. The molecule has 0 amide bonds. The predicted octanol–water partition coefficient (Wildman–Crippen LogP) is 2.72. The molecule has 0 atom stereocenters. The van der Waals surface area contributed by atoms with E-state index in [1.807, 2.05) is 24.3 Å². The molecule has 4 heteroatoms. The third-order valence-electron chi connectivity index (χ3n) is 3.14. The summed E-state index contributed by atoms with van der Waals surface area (Å²) in [6, 6.07) is 12.2. The Balaban J connectivity index is 2.06. The van der Waals surface area contributed by atoms with E-state index in [4.69, 9.17) is 0 Å². The minimum absolute atomic E-state index is 0.0355. The number of hydrogen-bond acceptors (Lipinski definition) is 2. The predicted molar refractivity (Wildman–Crippen MR) is 71.2 cm³/mol. The smallest absolute Gasteiger partial charge is 0.123 e. The van der Waals surface area contributed by atoms with Gasteiger partial charge in [-0.1, -0.05) is 30.3 Å². The average Bonchev–Trinajstić information content (AvgIpc) is 2.82. The summed E-state index contributed by atoms with van der Waals surface area (Å²) in [5.74, 6) is -0.253. The maximum Gasteiger partial charge on any atom is 0.123 e. The summed E-state index contributed by atoms with van der Waals surface area (Å²) in [5.41, 5.74) is 2.57. The number of fused-ring (bicyclic) bond motifs is 1. The molecule has 3 aromatic rings. The van der Waals surface area contributed by atoms with Crippen molar-refractivity contribution in [2.75, 3.05) is 0 Å². The first-order valence-corrected chi connectivity index (χ1v) is 6.06. The van der Waals surface area contributed by atoms with Crippen LogP contribution in [-0.2, 0) is 13.2 Å². The van der Waals surface area contributed by atoms with Crippen LogP contribution in [0.3, 0.4) is 0 Å². The molecule has 0 saturated carbocycles. The molecule has 19 heavy (non-hydrogen) atoms. The van der Waals surface area contributed by atoms with E-state index in [2.05, 4.69) is 5.10 Å². The van der Waals surface area contributed by atoms with Crippen LogP contribution in [0.4, 0.5) is 4.39 Å². The quantitative estimate of drug-likeness (QED) is 0.782. The maximum absolute atomic E-state index is 13.2. The summed E-state index contributed by atoms with van der Waals surface area (Å²) in [7, 11) is 0. The lowest BCUT2D eigenvalue weighted by molar-refractivity contribution is 0.282. The van der Waals surface area contributed by atoms with E-state index in [-0.39, 0.29) is 12.4 Å². The molecule has 0 saturated heterocycles. The van der Waals surface area contributed by atoms with Crippen LogP contribution in [0.15, 0.2) is 48.7 Å². The molecule has 1 aromatic heterocycles. The van der Waals surface area contributed by atoms with Crippen molar-refractivity contribution < 1.29 is 9.50 Å². The monoisotopic (exact) mass is 256 g/mol. The van der Waals surface area contributed by atoms with Crippen LogP contribution in [0, 0.1) is 5.82 Å². The number of aromatic nitrogens is 2. The number of hydrogen-bond donors (Lipinski definition) is 1. The highest BCUT2D eigenvalue weighted by Gasteiger charge is 2.08. The van der Waals surface area contributed by atoms with Crippen LogP contribution in [0.1, 0.15) is 11.1 Å². The van der Waals surface area contributed by atoms with Gasteiger partial charge in [-0.2, -0.15) is 5.10 Å². The summed E-state index contributed by atoms with van der Waals surface area (Å²) in [6.45, 7) is 0.449. The van der Waals surface area contributed by atoms with Crippen molar-refractivity contribution in [2.45, 2.75) is 13.2 Å². The number of benzene rings is 2. The molecule has 3 rings (SSSR count). The number of halogens is 1. The van der Waals surface area contributed by atoms with Crippen LogP contribution in [0.5, 0.6) is 0 Å². The van der Waals surface area contributed by atoms with Gasteiger partial charge in [0.2, 0.25) is 0 Å². The fourth-order valence-electron chi connectivity index (χ4n) is 2.28. The third kappa shape index (κ3) is 2.22. The van der Waals surface area contributed by atoms with Gasteiger partial charge in [0.05, 0.1) is 24.9 Å². The van der Waals surface area contributed by atoms with Gasteiger partial charge in [-0.05, 0) is 17.7 Å². The fraction of sp³-hybridized carbons (Fsp3) is 0.133. The fourth-order valence-corrected chi connectivity index (χ4v) is 2.28. The SMILES string of the molecule is OCc1cccc2cnn(Cc3cccc(F)c3)c12. The van der Waals surface area contributed by atoms with E-state index in [1.54, 1.807) is 16.9 Å². The Kier molecular flexibility index (Phi) is 3.01. The number of rotatable bonds is 3. The van der Waals surface area contributed by atoms with Gasteiger partial charge in [-0.25, -0.2) is 4.39 Å². The van der Waals surface area contributed by atoms with Crippen LogP contribution >= 0.6 is 0 Å². The van der Waals surface area contributed by atoms with E-state index < -0.39 is 0 Å². The van der Waals surface area contributed by atoms with Gasteiger partial charge >= 0.3 is 0 Å². The summed E-state index contributed by atoms with van der Waals surface area (Å²) in [6.07, 6.45) is 1.76. The van der Waals surface area contributed by atoms with Crippen molar-refractivity contribution in [3.05, 3.63) is 65.6 Å². The van der Waals surface area contributed by atoms with E-state index in [0.717, 1.165) is 22.0 Å². The summed E-state index contributed by atoms with van der Waals surface area (Å²) < 4.78 is 15.0. The van der Waals surface area contributed by atoms with Gasteiger partial charge in [0.1, 0.15) is 5.82 Å². The topological polar surface area (TPSA) is 38.1 Å². The van der Waals surface area contributed by atoms with Crippen molar-refractivity contribution in [1.29, 1.82) is 0 Å². The summed E-state index contributed by atoms with van der Waals surface area (Å²) in [5, 5.41) is 14.7. The normalized spacial score (nSPS) is 11.1. The average molecular weight is 256 g/mol. The lowest BCUT2D eigenvalue weighted by Gasteiger charge is -2.07. The molecule has 0 aliphatic carbocycles. The van der Waals surface area contributed by atoms with Gasteiger partial charge < -0.3 is 5.11 Å². The van der Waals surface area contributed by atoms with Crippen molar-refractivity contribution >= 4 is 10.9 Å². The Morgan fingerprint density at radius 1 is 1.16 bits per heavy atom. The minimum Gasteiger partial charge on any atom is -0.392 e. The molecule has 3 nitrogen and oxygen atoms in total. The van der Waals surface area contributed by atoms with Crippen LogP contribution < -0.4 is 0 Å². The van der Waals surface area contributed by atoms with Crippen molar-refractivity contribution in [3.8, 4) is 0 Å². The maximum atomic E-state index is 13.2. The molecule has 96 valence electrons. The molecule has 0 radical (unpaired) electrons. The summed E-state index contributed by atoms with van der Waals surface area (Å²) >= 11 is 0. The molecule has 1 heterocycles. The molecule has 0 spiro atoms. The largest absolute Gasteiger partial charge is 0.392 e. The third-order valence-corrected chi connectivity index (χ3v) is 3.14. The summed E-state index contributed by atoms with van der Waals surface area (Å²) in [4.78, 5) is 0. The van der Waals surface area contributed by atoms with Gasteiger partial charge in [-0.3, -0.25) is 4.68 Å². The molecule has 0 bridgehead atoms. The Labute approximate surface area is 109 Å². The van der Waals surface area contributed by atoms with Crippen molar-refractivity contribution in [3.63, 3.8) is 0 Å². The zero-order valence-corrected chi connectivity index (χ0v) is 10.3. The number of nitrogens with zero attached hydrogens (tertiary/aromatic N) is 2. The first-order valence-electron chi connectivity index (χ1n) is 6.06. The van der Waals surface area contributed by atoms with E-state index in [1.165, 1.54) is 12.1 Å². The molecule has 0 fully saturated rings. The molecular formula is C15H13FN2O. The number of aliphatic hydroxyl groups excluding tert-OH is 1. The zero-order valence-electron chi connectivity index (χ0n) is 10.3. The van der Waals surface area contributed by atoms with Crippen LogP contribution in [0.25, 0.3) is 10.9 Å². The first-order chi connectivity index (χ1) is 9.28. The molecule has 0 aliphatic heterocycles. The van der Waals surface area contributed by atoms with Crippen molar-refractivity contribution in [1.82, 2.24) is 9.78 Å². The second kappa shape index (κ2) is 4.82. The van der Waals surface area contributed by atoms with Gasteiger partial charge in [-0.15, -0.1) is 0 Å². The lowest BCUT2D eigenvalue weighted by Crippen LogP contribution is -2.03. The molecule has 0 aliphatic rings. The Bertz CT molecular complexity index is 721. The Hall–Kier alpha value is -2.20. The standard InChI is InChI=1S/C15H13FN2O/c16-14-6-1-3-11(7-14)9-18-15-12(8-17-18)4-2-5-13(15)10-19/h1-8,19H,9-10H2. The molecule has 1 N–H and O–H groups in total. The van der Waals surface area contributed by atoms with E-state index >= 15 is 0 Å². The Morgan fingerprint density at radius 2 is 2.00 bits per heavy atom. The molecule has 0 unspecified atom stereocenters. The highest BCUT2D eigenvalue weighted by molar-refractivity contribution is 5.81. The number of aliphatic hydroxyl groups is 1. The zero-order chi connectivity index (χ0) is 13.2. The van der Waals surface area contributed by atoms with Crippen LogP contribution in [-0.4, -0.2) is 14.9 Å². The van der Waals surface area contributed by atoms with Crippen LogP contribution in [0.2, 0.25) is 0 Å². The lowest BCUT2D eigenvalue weighted by atomic mass is 10.1. The second-order valence-electron chi connectivity index (χ2n) is 4.45. The van der Waals surface area contributed by atoms with Crippen molar-refractivity contribution in [2.24, 2.45) is 0 Å². The second-order valence-corrected chi connectivity index (χ2v) is 4.45. The van der Waals surface area contributed by atoms with E-state index in [0.29, 0.717) is 6.54 Å². The highest BCUT2D eigenvalue weighted by atomic mass is 19.1. The molecule has 2 aromatic carbocycles. The first kappa shape index (κ1) is 11.9. The highest BCUT2D eigenvalue weighted by Crippen LogP contribution is 2.20. The van der Waals surface area contributed by atoms with E-state index in [9.17, 15) is 9.50 Å². The molecular weight excluding hydrogens is 243 g/mol. The van der Waals surface area contributed by atoms with Gasteiger partial charge in [0, 0.05) is 10.9 Å². The number of para-hydroxylation sites is 1. The Morgan fingerprint density at radius 3 is 2.79 bits per heavy atom. The van der Waals surface area contributed by atoms with Gasteiger partial charge in [0.15, 0.2) is 0 Å².